The van der Waals surface area contributed by atoms with Crippen LogP contribution in [0.25, 0.3) is 0 Å². The zero-order valence-corrected chi connectivity index (χ0v) is 12.5. The van der Waals surface area contributed by atoms with E-state index in [0.29, 0.717) is 32.7 Å². The molecule has 7 heteroatoms. The number of halogens is 1. The van der Waals surface area contributed by atoms with Gasteiger partial charge in [-0.2, -0.15) is 0 Å². The Hall–Kier alpha value is -1.34. The van der Waals surface area contributed by atoms with E-state index in [4.69, 9.17) is 9.84 Å². The van der Waals surface area contributed by atoms with Crippen LogP contribution in [-0.2, 0) is 11.2 Å². The van der Waals surface area contributed by atoms with Crippen molar-refractivity contribution in [3.63, 3.8) is 0 Å². The maximum Gasteiger partial charge on any atom is 0.405 e. The van der Waals surface area contributed by atoms with E-state index in [-0.39, 0.29) is 12.4 Å². The first-order valence-corrected chi connectivity index (χ1v) is 6.70. The molecule has 1 aliphatic heterocycles. The molecule has 2 atom stereocenters. The predicted molar refractivity (Wildman–Crippen MR) is 80.7 cm³/mol. The number of carbonyl (C=O) groups is 1. The van der Waals surface area contributed by atoms with Crippen LogP contribution in [0.1, 0.15) is 5.56 Å². The molecule has 1 aliphatic rings. The first kappa shape index (κ1) is 17.7. The van der Waals surface area contributed by atoms with E-state index < -0.39 is 18.4 Å². The first-order valence-electron chi connectivity index (χ1n) is 6.70. The smallest absolute Gasteiger partial charge is 0.405 e. The van der Waals surface area contributed by atoms with Crippen molar-refractivity contribution in [2.45, 2.75) is 18.7 Å². The summed E-state index contributed by atoms with van der Waals surface area (Å²) in [6.45, 7) is 2.33. The van der Waals surface area contributed by atoms with Crippen molar-refractivity contribution in [3.05, 3.63) is 35.9 Å². The van der Waals surface area contributed by atoms with Gasteiger partial charge in [0.15, 0.2) is 0 Å². The number of nitrogens with one attached hydrogen (secondary N) is 1. The number of hydrogen-bond acceptors (Lipinski definition) is 4. The van der Waals surface area contributed by atoms with E-state index in [1.807, 2.05) is 35.2 Å². The van der Waals surface area contributed by atoms with Gasteiger partial charge in [-0.3, -0.25) is 4.90 Å². The third-order valence-electron chi connectivity index (χ3n) is 3.39. The number of hydrogen-bond donors (Lipinski definition) is 3. The molecule has 0 spiro atoms. The Morgan fingerprint density at radius 2 is 1.90 bits per heavy atom. The second kappa shape index (κ2) is 8.84. The fraction of sp³-hybridized carbons (Fsp3) is 0.500. The Bertz CT molecular complexity index is 426. The van der Waals surface area contributed by atoms with Crippen LogP contribution < -0.4 is 5.32 Å². The Kier molecular flexibility index (Phi) is 7.45. The Balaban J connectivity index is 0.00000220. The maximum atomic E-state index is 10.9. The highest BCUT2D eigenvalue weighted by molar-refractivity contribution is 5.85. The molecule has 0 bridgehead atoms. The quantitative estimate of drug-likeness (QED) is 0.753. The average Bonchev–Trinajstić information content (AvgIpc) is 2.47. The van der Waals surface area contributed by atoms with Crippen LogP contribution in [-0.4, -0.2) is 59.8 Å². The molecule has 0 radical (unpaired) electrons. The van der Waals surface area contributed by atoms with Crippen molar-refractivity contribution in [1.29, 1.82) is 0 Å². The van der Waals surface area contributed by atoms with Crippen molar-refractivity contribution < 1.29 is 19.7 Å². The van der Waals surface area contributed by atoms with Crippen LogP contribution in [0.3, 0.4) is 0 Å². The van der Waals surface area contributed by atoms with Gasteiger partial charge in [-0.15, -0.1) is 12.4 Å². The SMILES string of the molecule is Cl.O=C(O)NC(Cc1ccccc1)C(O)N1CCOCC1. The molecule has 2 rings (SSSR count). The highest BCUT2D eigenvalue weighted by Gasteiger charge is 2.28. The summed E-state index contributed by atoms with van der Waals surface area (Å²) in [4.78, 5) is 12.8. The molecule has 21 heavy (non-hydrogen) atoms. The molecule has 1 heterocycles. The van der Waals surface area contributed by atoms with Crippen LogP contribution in [0, 0.1) is 0 Å². The number of aliphatic hydroxyl groups excluding tert-OH is 1. The lowest BCUT2D eigenvalue weighted by Gasteiger charge is -2.35. The molecule has 3 N–H and O–H groups in total. The van der Waals surface area contributed by atoms with Gasteiger partial charge in [0, 0.05) is 13.1 Å². The summed E-state index contributed by atoms with van der Waals surface area (Å²) in [5, 5.41) is 21.7. The molecule has 0 aromatic heterocycles. The summed E-state index contributed by atoms with van der Waals surface area (Å²) >= 11 is 0. The highest BCUT2D eigenvalue weighted by atomic mass is 35.5. The number of morpholine rings is 1. The minimum absolute atomic E-state index is 0. The molecular weight excluding hydrogens is 296 g/mol. The molecule has 1 aromatic rings. The molecule has 2 unspecified atom stereocenters. The summed E-state index contributed by atoms with van der Waals surface area (Å²) in [6.07, 6.45) is -1.53. The Morgan fingerprint density at radius 3 is 2.48 bits per heavy atom. The fourth-order valence-corrected chi connectivity index (χ4v) is 2.35. The van der Waals surface area contributed by atoms with Gasteiger partial charge >= 0.3 is 6.09 Å². The molecular formula is C14H21ClN2O4. The summed E-state index contributed by atoms with van der Waals surface area (Å²) in [7, 11) is 0. The number of rotatable bonds is 5. The molecule has 118 valence electrons. The molecule has 1 amide bonds. The number of ether oxygens (including phenoxy) is 1. The van der Waals surface area contributed by atoms with Gasteiger partial charge in [0.2, 0.25) is 0 Å². The summed E-state index contributed by atoms with van der Waals surface area (Å²) in [6, 6.07) is 8.97. The van der Waals surface area contributed by atoms with Crippen LogP contribution >= 0.6 is 12.4 Å². The monoisotopic (exact) mass is 316 g/mol. The topological polar surface area (TPSA) is 82.0 Å². The lowest BCUT2D eigenvalue weighted by molar-refractivity contribution is -0.0734. The van der Waals surface area contributed by atoms with Crippen molar-refractivity contribution in [2.24, 2.45) is 0 Å². The van der Waals surface area contributed by atoms with Gasteiger partial charge in [0.25, 0.3) is 0 Å². The largest absolute Gasteiger partial charge is 0.465 e. The van der Waals surface area contributed by atoms with E-state index in [2.05, 4.69) is 5.32 Å². The maximum absolute atomic E-state index is 10.9. The predicted octanol–water partition coefficient (Wildman–Crippen LogP) is 0.938. The van der Waals surface area contributed by atoms with Crippen molar-refractivity contribution >= 4 is 18.5 Å². The molecule has 0 saturated carbocycles. The minimum atomic E-state index is -1.13. The summed E-state index contributed by atoms with van der Waals surface area (Å²) in [5.41, 5.74) is 0.985. The number of amides is 1. The second-order valence-electron chi connectivity index (χ2n) is 4.81. The first-order chi connectivity index (χ1) is 9.66. The molecule has 1 saturated heterocycles. The lowest BCUT2D eigenvalue weighted by Crippen LogP contribution is -2.55. The zero-order chi connectivity index (χ0) is 14.4. The number of nitrogens with zero attached hydrogens (tertiary/aromatic N) is 1. The van der Waals surface area contributed by atoms with Gasteiger partial charge in [-0.05, 0) is 12.0 Å². The van der Waals surface area contributed by atoms with Crippen molar-refractivity contribution in [3.8, 4) is 0 Å². The van der Waals surface area contributed by atoms with E-state index in [9.17, 15) is 9.90 Å². The van der Waals surface area contributed by atoms with Gasteiger partial charge < -0.3 is 20.3 Å². The van der Waals surface area contributed by atoms with Crippen LogP contribution in [0.5, 0.6) is 0 Å². The molecule has 0 aliphatic carbocycles. The van der Waals surface area contributed by atoms with Crippen molar-refractivity contribution in [2.75, 3.05) is 26.3 Å². The molecule has 1 fully saturated rings. The summed E-state index contributed by atoms with van der Waals surface area (Å²) in [5.74, 6) is 0. The number of carboxylic acid groups (broad SMARTS) is 1. The van der Waals surface area contributed by atoms with Gasteiger partial charge in [0.1, 0.15) is 6.23 Å². The third-order valence-corrected chi connectivity index (χ3v) is 3.39. The highest BCUT2D eigenvalue weighted by Crippen LogP contribution is 2.11. The van der Waals surface area contributed by atoms with E-state index in [0.717, 1.165) is 5.56 Å². The number of aliphatic hydroxyl groups is 1. The van der Waals surface area contributed by atoms with Gasteiger partial charge in [0.05, 0.1) is 19.3 Å². The van der Waals surface area contributed by atoms with Gasteiger partial charge in [-0.1, -0.05) is 30.3 Å². The minimum Gasteiger partial charge on any atom is -0.465 e. The van der Waals surface area contributed by atoms with E-state index in [1.165, 1.54) is 0 Å². The molecule has 1 aromatic carbocycles. The standard InChI is InChI=1S/C14H20N2O4.ClH/c17-13(16-6-8-20-9-7-16)12(15-14(18)19)10-11-4-2-1-3-5-11;/h1-5,12-13,15,17H,6-10H2,(H,18,19);1H. The van der Waals surface area contributed by atoms with E-state index in [1.54, 1.807) is 0 Å². The van der Waals surface area contributed by atoms with E-state index >= 15 is 0 Å². The Labute approximate surface area is 130 Å². The van der Waals surface area contributed by atoms with Gasteiger partial charge in [-0.25, -0.2) is 4.79 Å². The molecule has 6 nitrogen and oxygen atoms in total. The lowest BCUT2D eigenvalue weighted by atomic mass is 10.0. The third kappa shape index (κ3) is 5.51. The fourth-order valence-electron chi connectivity index (χ4n) is 2.35. The van der Waals surface area contributed by atoms with Crippen LogP contribution in [0.2, 0.25) is 0 Å². The Morgan fingerprint density at radius 1 is 1.29 bits per heavy atom. The average molecular weight is 317 g/mol. The normalized spacial score (nSPS) is 18.3. The van der Waals surface area contributed by atoms with Crippen LogP contribution in [0.15, 0.2) is 30.3 Å². The van der Waals surface area contributed by atoms with Crippen LogP contribution in [0.4, 0.5) is 4.79 Å². The van der Waals surface area contributed by atoms with Crippen molar-refractivity contribution in [1.82, 2.24) is 10.2 Å². The number of benzene rings is 1. The summed E-state index contributed by atoms with van der Waals surface area (Å²) < 4.78 is 5.24. The zero-order valence-electron chi connectivity index (χ0n) is 11.6. The second-order valence-corrected chi connectivity index (χ2v) is 4.81.